The van der Waals surface area contributed by atoms with Crippen molar-refractivity contribution >= 4 is 11.3 Å². The van der Waals surface area contributed by atoms with E-state index in [0.717, 1.165) is 12.8 Å². The van der Waals surface area contributed by atoms with Gasteiger partial charge in [-0.15, -0.1) is 11.3 Å². The molecule has 102 valence electrons. The first kappa shape index (κ1) is 14.0. The van der Waals surface area contributed by atoms with Gasteiger partial charge in [-0.25, -0.2) is 0 Å². The Morgan fingerprint density at radius 2 is 2.11 bits per heavy atom. The lowest BCUT2D eigenvalue weighted by Gasteiger charge is -2.34. The quantitative estimate of drug-likeness (QED) is 0.913. The highest BCUT2D eigenvalue weighted by Gasteiger charge is 2.28. The fourth-order valence-corrected chi connectivity index (χ4v) is 3.60. The summed E-state index contributed by atoms with van der Waals surface area (Å²) in [7, 11) is 0. The third-order valence-corrected chi connectivity index (χ3v) is 4.53. The fraction of sp³-hybridized carbons (Fsp3) is 0.714. The monoisotopic (exact) mass is 269 g/mol. The summed E-state index contributed by atoms with van der Waals surface area (Å²) in [6, 6.07) is 2.13. The molecule has 0 spiro atoms. The Bertz CT molecular complexity index is 370. The van der Waals surface area contributed by atoms with Crippen LogP contribution >= 0.6 is 11.3 Å². The van der Waals surface area contributed by atoms with Gasteiger partial charge in [0.25, 0.3) is 0 Å². The molecule has 0 amide bonds. The van der Waals surface area contributed by atoms with Crippen molar-refractivity contribution in [1.82, 2.24) is 0 Å². The summed E-state index contributed by atoms with van der Waals surface area (Å²) in [4.78, 5) is 1.27. The third kappa shape index (κ3) is 3.32. The number of rotatable bonds is 4. The van der Waals surface area contributed by atoms with Gasteiger partial charge in [0.1, 0.15) is 6.10 Å². The van der Waals surface area contributed by atoms with E-state index in [1.54, 1.807) is 11.3 Å². The lowest BCUT2D eigenvalue weighted by atomic mass is 10.0. The predicted octanol–water partition coefficient (Wildman–Crippen LogP) is 3.03. The Labute approximate surface area is 113 Å². The molecule has 1 aromatic heterocycles. The van der Waals surface area contributed by atoms with Crippen LogP contribution in [0.4, 0.5) is 0 Å². The molecule has 18 heavy (non-hydrogen) atoms. The first-order chi connectivity index (χ1) is 8.60. The van der Waals surface area contributed by atoms with Crippen molar-refractivity contribution in [2.45, 2.75) is 58.0 Å². The lowest BCUT2D eigenvalue weighted by Crippen LogP contribution is -2.35. The van der Waals surface area contributed by atoms with E-state index >= 15 is 0 Å². The molecule has 2 heterocycles. The molecule has 0 aliphatic carbocycles. The highest BCUT2D eigenvalue weighted by atomic mass is 32.1. The molecule has 2 rings (SSSR count). The number of thiophene rings is 1. The molecule has 3 atom stereocenters. The minimum Gasteiger partial charge on any atom is -0.375 e. The molecule has 2 N–H and O–H groups in total. The summed E-state index contributed by atoms with van der Waals surface area (Å²) in [5.74, 6) is 0. The Kier molecular flexibility index (Phi) is 4.78. The molecule has 1 fully saturated rings. The molecule has 3 unspecified atom stereocenters. The number of ether oxygens (including phenoxy) is 2. The van der Waals surface area contributed by atoms with E-state index in [-0.39, 0.29) is 24.4 Å². The second-order valence-corrected chi connectivity index (χ2v) is 6.13. The molecular weight excluding hydrogens is 246 g/mol. The smallest absolute Gasteiger partial charge is 0.104 e. The van der Waals surface area contributed by atoms with E-state index in [1.807, 2.05) is 0 Å². The maximum Gasteiger partial charge on any atom is 0.104 e. The zero-order chi connectivity index (χ0) is 13.1. The van der Waals surface area contributed by atoms with Gasteiger partial charge in [0, 0.05) is 11.4 Å². The zero-order valence-electron chi connectivity index (χ0n) is 11.4. The molecule has 4 heteroatoms. The molecule has 1 aliphatic rings. The van der Waals surface area contributed by atoms with Gasteiger partial charge in [-0.05, 0) is 50.6 Å². The average molecular weight is 269 g/mol. The van der Waals surface area contributed by atoms with E-state index < -0.39 is 0 Å². The van der Waals surface area contributed by atoms with Gasteiger partial charge < -0.3 is 15.2 Å². The minimum absolute atomic E-state index is 0.0347. The van der Waals surface area contributed by atoms with Crippen LogP contribution in [0, 0.1) is 6.92 Å². The molecule has 3 nitrogen and oxygen atoms in total. The zero-order valence-corrected chi connectivity index (χ0v) is 12.2. The molecular formula is C14H23NO2S. The predicted molar refractivity (Wildman–Crippen MR) is 75.0 cm³/mol. The average Bonchev–Trinajstić information content (AvgIpc) is 2.71. The first-order valence-electron chi connectivity index (χ1n) is 6.65. The molecule has 0 radical (unpaired) electrons. The van der Waals surface area contributed by atoms with Crippen molar-refractivity contribution in [3.05, 3.63) is 21.9 Å². The highest BCUT2D eigenvalue weighted by molar-refractivity contribution is 7.10. The fourth-order valence-electron chi connectivity index (χ4n) is 2.63. The van der Waals surface area contributed by atoms with Gasteiger partial charge in [-0.2, -0.15) is 0 Å². The van der Waals surface area contributed by atoms with E-state index in [1.165, 1.54) is 10.4 Å². The molecule has 1 aromatic rings. The second kappa shape index (κ2) is 6.15. The number of hydrogen-bond donors (Lipinski definition) is 1. The van der Waals surface area contributed by atoms with Gasteiger partial charge in [-0.3, -0.25) is 0 Å². The van der Waals surface area contributed by atoms with Crippen LogP contribution < -0.4 is 5.73 Å². The van der Waals surface area contributed by atoms with Gasteiger partial charge in [0.2, 0.25) is 0 Å². The summed E-state index contributed by atoms with van der Waals surface area (Å²) in [6.07, 6.45) is 2.78. The SMILES string of the molecule is Cc1ccsc1C(CN)OC1CC(C)OC(C)C1. The van der Waals surface area contributed by atoms with E-state index in [2.05, 4.69) is 32.2 Å². The van der Waals surface area contributed by atoms with Crippen LogP contribution in [0.25, 0.3) is 0 Å². The standard InChI is InChI=1S/C14H23NO2S/c1-9-4-5-18-14(9)13(8-15)17-12-6-10(2)16-11(3)7-12/h4-5,10-13H,6-8,15H2,1-3H3. The van der Waals surface area contributed by atoms with Crippen molar-refractivity contribution in [3.8, 4) is 0 Å². The topological polar surface area (TPSA) is 44.5 Å². The van der Waals surface area contributed by atoms with Crippen LogP contribution in [0.3, 0.4) is 0 Å². The molecule has 0 saturated carbocycles. The van der Waals surface area contributed by atoms with Crippen LogP contribution in [0.5, 0.6) is 0 Å². The molecule has 0 bridgehead atoms. The van der Waals surface area contributed by atoms with Crippen LogP contribution in [-0.4, -0.2) is 24.9 Å². The Balaban J connectivity index is 2.00. The van der Waals surface area contributed by atoms with E-state index in [4.69, 9.17) is 15.2 Å². The van der Waals surface area contributed by atoms with Crippen molar-refractivity contribution in [2.24, 2.45) is 5.73 Å². The summed E-state index contributed by atoms with van der Waals surface area (Å²) < 4.78 is 11.9. The largest absolute Gasteiger partial charge is 0.375 e. The Morgan fingerprint density at radius 1 is 1.44 bits per heavy atom. The minimum atomic E-state index is 0.0347. The Hall–Kier alpha value is -0.420. The van der Waals surface area contributed by atoms with Crippen LogP contribution in [0.1, 0.15) is 43.2 Å². The van der Waals surface area contributed by atoms with Gasteiger partial charge in [0.05, 0.1) is 18.3 Å². The maximum atomic E-state index is 6.21. The maximum absolute atomic E-state index is 6.21. The summed E-state index contributed by atoms with van der Waals surface area (Å²) >= 11 is 1.74. The molecule has 1 saturated heterocycles. The van der Waals surface area contributed by atoms with Crippen LogP contribution in [-0.2, 0) is 9.47 Å². The van der Waals surface area contributed by atoms with Crippen molar-refractivity contribution in [2.75, 3.05) is 6.54 Å². The van der Waals surface area contributed by atoms with Crippen molar-refractivity contribution < 1.29 is 9.47 Å². The Morgan fingerprint density at radius 3 is 2.61 bits per heavy atom. The second-order valence-electron chi connectivity index (χ2n) is 5.18. The first-order valence-corrected chi connectivity index (χ1v) is 7.53. The van der Waals surface area contributed by atoms with Crippen molar-refractivity contribution in [3.63, 3.8) is 0 Å². The van der Waals surface area contributed by atoms with E-state index in [0.29, 0.717) is 6.54 Å². The van der Waals surface area contributed by atoms with Gasteiger partial charge in [-0.1, -0.05) is 0 Å². The summed E-state index contributed by atoms with van der Waals surface area (Å²) in [5, 5.41) is 2.10. The normalized spacial score (nSPS) is 30.3. The number of hydrogen-bond acceptors (Lipinski definition) is 4. The summed E-state index contributed by atoms with van der Waals surface area (Å²) in [5.41, 5.74) is 7.15. The highest BCUT2D eigenvalue weighted by Crippen LogP contribution is 2.31. The van der Waals surface area contributed by atoms with E-state index in [9.17, 15) is 0 Å². The van der Waals surface area contributed by atoms with Crippen LogP contribution in [0.2, 0.25) is 0 Å². The lowest BCUT2D eigenvalue weighted by molar-refractivity contribution is -0.120. The molecule has 0 aromatic carbocycles. The number of aryl methyl sites for hydroxylation is 1. The third-order valence-electron chi connectivity index (χ3n) is 3.42. The van der Waals surface area contributed by atoms with Crippen molar-refractivity contribution in [1.29, 1.82) is 0 Å². The van der Waals surface area contributed by atoms with Gasteiger partial charge in [0.15, 0.2) is 0 Å². The summed E-state index contributed by atoms with van der Waals surface area (Å²) in [6.45, 7) is 6.88. The van der Waals surface area contributed by atoms with Gasteiger partial charge >= 0.3 is 0 Å². The molecule has 1 aliphatic heterocycles. The number of nitrogens with two attached hydrogens (primary N) is 1. The van der Waals surface area contributed by atoms with Crippen LogP contribution in [0.15, 0.2) is 11.4 Å².